The predicted octanol–water partition coefficient (Wildman–Crippen LogP) is 15.7. The molecule has 13 rings (SSSR count). The van der Waals surface area contributed by atoms with Gasteiger partial charge < -0.3 is 9.13 Å². The third-order valence-corrected chi connectivity index (χ3v) is 12.8. The number of hydrogen-bond acceptors (Lipinski definition) is 0. The van der Waals surface area contributed by atoms with E-state index in [4.69, 9.17) is 0 Å². The van der Waals surface area contributed by atoms with Gasteiger partial charge in [-0.1, -0.05) is 164 Å². The van der Waals surface area contributed by atoms with Crippen molar-refractivity contribution in [1.29, 1.82) is 0 Å². The first-order valence-electron chi connectivity index (χ1n) is 20.8. The average molecular weight is 761 g/mol. The largest absolute Gasteiger partial charge is 0.309 e. The van der Waals surface area contributed by atoms with E-state index < -0.39 is 0 Å². The number of para-hydroxylation sites is 2. The van der Waals surface area contributed by atoms with E-state index in [1.165, 1.54) is 121 Å². The van der Waals surface area contributed by atoms with E-state index in [9.17, 15) is 0 Å². The monoisotopic (exact) mass is 760 g/mol. The van der Waals surface area contributed by atoms with E-state index in [2.05, 4.69) is 228 Å². The zero-order valence-corrected chi connectivity index (χ0v) is 32.7. The highest BCUT2D eigenvalue weighted by Crippen LogP contribution is 2.48. The van der Waals surface area contributed by atoms with E-state index in [1.54, 1.807) is 0 Å². The van der Waals surface area contributed by atoms with Crippen LogP contribution in [0.15, 0.2) is 218 Å². The molecule has 2 nitrogen and oxygen atoms in total. The minimum absolute atomic E-state index is 1.18. The van der Waals surface area contributed by atoms with Crippen molar-refractivity contribution < 1.29 is 0 Å². The van der Waals surface area contributed by atoms with Crippen molar-refractivity contribution in [1.82, 2.24) is 9.13 Å². The molecule has 0 N–H and O–H groups in total. The molecule has 0 saturated heterocycles. The van der Waals surface area contributed by atoms with Crippen LogP contribution in [0.3, 0.4) is 0 Å². The van der Waals surface area contributed by atoms with Gasteiger partial charge in [0.05, 0.1) is 33.4 Å². The van der Waals surface area contributed by atoms with Crippen LogP contribution in [0, 0.1) is 0 Å². The molecule has 3 heterocycles. The first-order valence-corrected chi connectivity index (χ1v) is 20.8. The van der Waals surface area contributed by atoms with Crippen LogP contribution >= 0.6 is 0 Å². The van der Waals surface area contributed by atoms with Crippen LogP contribution in [-0.4, -0.2) is 9.13 Å². The Bertz CT molecular complexity index is 3700. The molecule has 0 unspecified atom stereocenters. The van der Waals surface area contributed by atoms with Crippen molar-refractivity contribution in [3.63, 3.8) is 0 Å². The SMILES string of the molecule is c1ccc(-c2ccc3c(c2)-c2ccccc2-c2cccc4c5cc(-c6ccc7c(c6)c6ccccc6n7-c6cc7ccccc7cc6-c6ccccc6)ccc5n-3c24)cc1. The first-order chi connectivity index (χ1) is 29.8. The zero-order valence-electron chi connectivity index (χ0n) is 32.7. The molecule has 0 aliphatic carbocycles. The number of nitrogens with zero attached hydrogens (tertiary/aromatic N) is 2. The lowest BCUT2D eigenvalue weighted by molar-refractivity contribution is 1.19. The molecular weight excluding hydrogens is 725 g/mol. The van der Waals surface area contributed by atoms with E-state index in [-0.39, 0.29) is 0 Å². The third kappa shape index (κ3) is 4.82. The van der Waals surface area contributed by atoms with Gasteiger partial charge in [0.2, 0.25) is 0 Å². The standard InChI is InChI=1S/C58H36N2/c1-3-14-37(15-4-1)41-26-30-55-50(33-41)45-21-10-9-20-44(45)47-23-13-24-48-52-35-43(28-31-56(52)60(55)58(47)48)42-27-29-54-51(34-42)46-22-11-12-25-53(46)59(54)57-36-40-19-8-7-18-39(40)32-49(57)38-16-5-2-6-17-38/h1-36H. The summed E-state index contributed by atoms with van der Waals surface area (Å²) in [4.78, 5) is 0. The van der Waals surface area contributed by atoms with Crippen molar-refractivity contribution in [2.75, 3.05) is 0 Å². The van der Waals surface area contributed by atoms with Crippen LogP contribution < -0.4 is 0 Å². The Labute approximate surface area is 347 Å². The van der Waals surface area contributed by atoms with Gasteiger partial charge in [-0.25, -0.2) is 0 Å². The summed E-state index contributed by atoms with van der Waals surface area (Å²) in [6, 6.07) is 80.6. The lowest BCUT2D eigenvalue weighted by Gasteiger charge is -2.16. The molecule has 60 heavy (non-hydrogen) atoms. The molecule has 2 aromatic heterocycles. The van der Waals surface area contributed by atoms with Crippen LogP contribution in [-0.2, 0) is 0 Å². The topological polar surface area (TPSA) is 9.86 Å². The average Bonchev–Trinajstić information content (AvgIpc) is 3.79. The maximum absolute atomic E-state index is 2.51. The first kappa shape index (κ1) is 33.1. The Morgan fingerprint density at radius 2 is 0.767 bits per heavy atom. The normalized spacial score (nSPS) is 12.0. The van der Waals surface area contributed by atoms with Gasteiger partial charge in [-0.05, 0) is 104 Å². The van der Waals surface area contributed by atoms with Gasteiger partial charge in [0.1, 0.15) is 0 Å². The second-order valence-corrected chi connectivity index (χ2v) is 16.1. The van der Waals surface area contributed by atoms with E-state index in [1.807, 2.05) is 0 Å². The molecule has 1 aliphatic heterocycles. The Kier molecular flexibility index (Phi) is 7.05. The Morgan fingerprint density at radius 1 is 0.233 bits per heavy atom. The minimum atomic E-state index is 1.18. The van der Waals surface area contributed by atoms with Crippen LogP contribution in [0.5, 0.6) is 0 Å². The lowest BCUT2D eigenvalue weighted by Crippen LogP contribution is -1.98. The fourth-order valence-electron chi connectivity index (χ4n) is 10.1. The van der Waals surface area contributed by atoms with Crippen LogP contribution in [0.4, 0.5) is 0 Å². The number of fused-ring (bicyclic) bond motifs is 12. The number of aromatic nitrogens is 2. The molecule has 0 amide bonds. The summed E-state index contributed by atoms with van der Waals surface area (Å²) in [7, 11) is 0. The number of hydrogen-bond donors (Lipinski definition) is 0. The maximum atomic E-state index is 2.51. The highest BCUT2D eigenvalue weighted by Gasteiger charge is 2.25. The quantitative estimate of drug-likeness (QED) is 0.169. The van der Waals surface area contributed by atoms with Gasteiger partial charge in [-0.2, -0.15) is 0 Å². The molecule has 0 bridgehead atoms. The van der Waals surface area contributed by atoms with Crippen molar-refractivity contribution in [3.8, 4) is 67.0 Å². The van der Waals surface area contributed by atoms with Gasteiger partial charge in [-0.3, -0.25) is 0 Å². The van der Waals surface area contributed by atoms with Crippen LogP contribution in [0.1, 0.15) is 0 Å². The van der Waals surface area contributed by atoms with Gasteiger partial charge in [-0.15, -0.1) is 0 Å². The molecule has 0 radical (unpaired) electrons. The summed E-state index contributed by atoms with van der Waals surface area (Å²) in [6.07, 6.45) is 0. The summed E-state index contributed by atoms with van der Waals surface area (Å²) in [5.74, 6) is 0. The third-order valence-electron chi connectivity index (χ3n) is 12.8. The minimum Gasteiger partial charge on any atom is -0.309 e. The highest BCUT2D eigenvalue weighted by atomic mass is 15.0. The van der Waals surface area contributed by atoms with Crippen LogP contribution in [0.2, 0.25) is 0 Å². The summed E-state index contributed by atoms with van der Waals surface area (Å²) >= 11 is 0. The molecule has 0 spiro atoms. The smallest absolute Gasteiger partial charge is 0.0619 e. The number of benzene rings is 10. The summed E-state index contributed by atoms with van der Waals surface area (Å²) in [5, 5.41) is 7.48. The van der Waals surface area contributed by atoms with E-state index in [0.717, 1.165) is 0 Å². The van der Waals surface area contributed by atoms with Gasteiger partial charge in [0.25, 0.3) is 0 Å². The van der Waals surface area contributed by atoms with Crippen molar-refractivity contribution >= 4 is 54.4 Å². The zero-order chi connectivity index (χ0) is 39.3. The number of rotatable bonds is 4. The molecule has 1 aliphatic rings. The molecule has 2 heteroatoms. The Morgan fingerprint density at radius 3 is 1.53 bits per heavy atom. The van der Waals surface area contributed by atoms with Gasteiger partial charge in [0, 0.05) is 38.2 Å². The fraction of sp³-hybridized carbons (Fsp3) is 0. The molecule has 0 fully saturated rings. The summed E-state index contributed by atoms with van der Waals surface area (Å²) < 4.78 is 4.98. The molecule has 0 atom stereocenters. The van der Waals surface area contributed by atoms with E-state index in [0.29, 0.717) is 0 Å². The van der Waals surface area contributed by atoms with Crippen molar-refractivity contribution in [2.24, 2.45) is 0 Å². The maximum Gasteiger partial charge on any atom is 0.0619 e. The lowest BCUT2D eigenvalue weighted by atomic mass is 9.91. The molecule has 278 valence electrons. The Hall–Kier alpha value is -7.94. The van der Waals surface area contributed by atoms with Crippen LogP contribution in [0.25, 0.3) is 121 Å². The second-order valence-electron chi connectivity index (χ2n) is 16.1. The summed E-state index contributed by atoms with van der Waals surface area (Å²) in [5.41, 5.74) is 19.6. The molecule has 10 aromatic carbocycles. The molecular formula is C58H36N2. The van der Waals surface area contributed by atoms with Gasteiger partial charge in [0.15, 0.2) is 0 Å². The predicted molar refractivity (Wildman–Crippen MR) is 253 cm³/mol. The fourth-order valence-corrected chi connectivity index (χ4v) is 10.1. The van der Waals surface area contributed by atoms with Gasteiger partial charge >= 0.3 is 0 Å². The van der Waals surface area contributed by atoms with E-state index >= 15 is 0 Å². The second kappa shape index (κ2) is 12.8. The Balaban J connectivity index is 1.02. The highest BCUT2D eigenvalue weighted by molar-refractivity contribution is 6.18. The van der Waals surface area contributed by atoms with Crippen molar-refractivity contribution in [3.05, 3.63) is 218 Å². The van der Waals surface area contributed by atoms with Crippen molar-refractivity contribution in [2.45, 2.75) is 0 Å². The summed E-state index contributed by atoms with van der Waals surface area (Å²) in [6.45, 7) is 0. The molecule has 0 saturated carbocycles. The molecule has 12 aromatic rings.